The summed E-state index contributed by atoms with van der Waals surface area (Å²) in [5.74, 6) is -0.207. The molecule has 1 heterocycles. The fourth-order valence-electron chi connectivity index (χ4n) is 2.32. The van der Waals surface area contributed by atoms with Gasteiger partial charge in [-0.2, -0.15) is 0 Å². The molecule has 4 heteroatoms. The lowest BCUT2D eigenvalue weighted by atomic mass is 10.1. The van der Waals surface area contributed by atoms with Gasteiger partial charge < -0.3 is 5.32 Å². The van der Waals surface area contributed by atoms with Gasteiger partial charge in [-0.25, -0.2) is 4.39 Å². The van der Waals surface area contributed by atoms with Crippen molar-refractivity contribution in [3.05, 3.63) is 34.6 Å². The Kier molecular flexibility index (Phi) is 4.37. The van der Waals surface area contributed by atoms with Crippen LogP contribution in [-0.2, 0) is 6.54 Å². The van der Waals surface area contributed by atoms with Gasteiger partial charge in [0, 0.05) is 29.7 Å². The zero-order valence-corrected chi connectivity index (χ0v) is 10.8. The zero-order valence-electron chi connectivity index (χ0n) is 10.0. The Hall–Kier alpha value is -0.640. The first-order chi connectivity index (χ1) is 8.20. The van der Waals surface area contributed by atoms with Crippen molar-refractivity contribution in [2.45, 2.75) is 25.9 Å². The smallest absolute Gasteiger partial charge is 0.129 e. The van der Waals surface area contributed by atoms with Crippen molar-refractivity contribution in [2.75, 3.05) is 19.6 Å². The van der Waals surface area contributed by atoms with Crippen LogP contribution in [0.5, 0.6) is 0 Å². The molecule has 0 bridgehead atoms. The van der Waals surface area contributed by atoms with Crippen LogP contribution in [0.2, 0.25) is 5.02 Å². The lowest BCUT2D eigenvalue weighted by molar-refractivity contribution is 0.208. The molecule has 0 spiro atoms. The van der Waals surface area contributed by atoms with Crippen molar-refractivity contribution >= 4 is 11.6 Å². The van der Waals surface area contributed by atoms with E-state index in [0.717, 1.165) is 31.6 Å². The van der Waals surface area contributed by atoms with Crippen LogP contribution in [0.25, 0.3) is 0 Å². The number of hydrogen-bond acceptors (Lipinski definition) is 2. The molecule has 1 aliphatic rings. The molecule has 1 N–H and O–H groups in total. The monoisotopic (exact) mass is 256 g/mol. The largest absolute Gasteiger partial charge is 0.315 e. The van der Waals surface area contributed by atoms with Gasteiger partial charge in [-0.1, -0.05) is 24.6 Å². The predicted octanol–water partition coefficient (Wildman–Crippen LogP) is 2.66. The van der Waals surface area contributed by atoms with Crippen molar-refractivity contribution in [3.8, 4) is 0 Å². The molecule has 94 valence electrons. The van der Waals surface area contributed by atoms with Gasteiger partial charge in [0.05, 0.1) is 0 Å². The Morgan fingerprint density at radius 2 is 2.35 bits per heavy atom. The highest BCUT2D eigenvalue weighted by Gasteiger charge is 2.21. The molecule has 1 aromatic rings. The lowest BCUT2D eigenvalue weighted by Crippen LogP contribution is -2.36. The summed E-state index contributed by atoms with van der Waals surface area (Å²) in [5, 5.41) is 3.80. The van der Waals surface area contributed by atoms with Crippen LogP contribution in [-0.4, -0.2) is 30.6 Å². The molecule has 0 aromatic heterocycles. The zero-order chi connectivity index (χ0) is 12.3. The maximum absolute atomic E-state index is 13.7. The van der Waals surface area contributed by atoms with Gasteiger partial charge in [0.25, 0.3) is 0 Å². The third-order valence-corrected chi connectivity index (χ3v) is 3.58. The molecule has 0 saturated carbocycles. The summed E-state index contributed by atoms with van der Waals surface area (Å²) < 4.78 is 13.7. The first-order valence-corrected chi connectivity index (χ1v) is 6.47. The summed E-state index contributed by atoms with van der Waals surface area (Å²) in [4.78, 5) is 2.31. The Morgan fingerprint density at radius 1 is 1.53 bits per heavy atom. The minimum Gasteiger partial charge on any atom is -0.315 e. The van der Waals surface area contributed by atoms with Crippen LogP contribution in [0.3, 0.4) is 0 Å². The lowest BCUT2D eigenvalue weighted by Gasteiger charge is -2.27. The van der Waals surface area contributed by atoms with E-state index >= 15 is 0 Å². The summed E-state index contributed by atoms with van der Waals surface area (Å²) in [7, 11) is 0. The number of likely N-dealkylation sites (N-methyl/N-ethyl adjacent to an activating group) is 1. The van der Waals surface area contributed by atoms with Crippen LogP contribution < -0.4 is 5.32 Å². The molecule has 1 fully saturated rings. The van der Waals surface area contributed by atoms with Crippen LogP contribution in [0.4, 0.5) is 4.39 Å². The van der Waals surface area contributed by atoms with Crippen molar-refractivity contribution in [1.29, 1.82) is 0 Å². The molecule has 0 aliphatic carbocycles. The van der Waals surface area contributed by atoms with E-state index in [4.69, 9.17) is 11.6 Å². The standard InChI is InChI=1S/C13H18ClFN2/c1-2-17(12-5-6-16-8-12)9-10-3-4-11(14)7-13(10)15/h3-4,7,12,16H,2,5-6,8-9H2,1H3. The maximum atomic E-state index is 13.7. The quantitative estimate of drug-likeness (QED) is 0.891. The van der Waals surface area contributed by atoms with E-state index in [0.29, 0.717) is 17.6 Å². The summed E-state index contributed by atoms with van der Waals surface area (Å²) >= 11 is 5.75. The first kappa shape index (κ1) is 12.8. The third-order valence-electron chi connectivity index (χ3n) is 3.35. The molecule has 2 nitrogen and oxygen atoms in total. The average Bonchev–Trinajstić information content (AvgIpc) is 2.81. The molecule has 0 amide bonds. The van der Waals surface area contributed by atoms with Crippen LogP contribution >= 0.6 is 11.6 Å². The molecule has 0 radical (unpaired) electrons. The van der Waals surface area contributed by atoms with E-state index < -0.39 is 0 Å². The molecule has 1 atom stereocenters. The summed E-state index contributed by atoms with van der Waals surface area (Å²) in [6.07, 6.45) is 1.14. The molecule has 2 rings (SSSR count). The second-order valence-electron chi connectivity index (χ2n) is 4.45. The van der Waals surface area contributed by atoms with E-state index in [9.17, 15) is 4.39 Å². The van der Waals surface area contributed by atoms with E-state index in [1.807, 2.05) is 0 Å². The minimum absolute atomic E-state index is 0.207. The van der Waals surface area contributed by atoms with Gasteiger partial charge in [-0.05, 0) is 31.6 Å². The molecular formula is C13H18ClFN2. The van der Waals surface area contributed by atoms with Crippen molar-refractivity contribution in [3.63, 3.8) is 0 Å². The van der Waals surface area contributed by atoms with Crippen LogP contribution in [0.1, 0.15) is 18.9 Å². The number of nitrogens with one attached hydrogen (secondary N) is 1. The van der Waals surface area contributed by atoms with Gasteiger partial charge in [-0.3, -0.25) is 4.90 Å². The van der Waals surface area contributed by atoms with Gasteiger partial charge in [-0.15, -0.1) is 0 Å². The Balaban J connectivity index is 2.06. The molecule has 1 saturated heterocycles. The van der Waals surface area contributed by atoms with Gasteiger partial charge >= 0.3 is 0 Å². The van der Waals surface area contributed by atoms with E-state index in [-0.39, 0.29) is 5.82 Å². The minimum atomic E-state index is -0.207. The number of halogens is 2. The fraction of sp³-hybridized carbons (Fsp3) is 0.538. The SMILES string of the molecule is CCN(Cc1ccc(Cl)cc1F)C1CCNC1. The second kappa shape index (κ2) is 5.80. The summed E-state index contributed by atoms with van der Waals surface area (Å²) in [5.41, 5.74) is 0.725. The number of nitrogens with zero attached hydrogens (tertiary/aromatic N) is 1. The van der Waals surface area contributed by atoms with Gasteiger partial charge in [0.2, 0.25) is 0 Å². The van der Waals surface area contributed by atoms with E-state index in [1.165, 1.54) is 6.07 Å². The highest BCUT2D eigenvalue weighted by Crippen LogP contribution is 2.18. The molecule has 1 aliphatic heterocycles. The van der Waals surface area contributed by atoms with Gasteiger partial charge in [0.1, 0.15) is 5.82 Å². The van der Waals surface area contributed by atoms with Crippen molar-refractivity contribution in [2.24, 2.45) is 0 Å². The van der Waals surface area contributed by atoms with Crippen molar-refractivity contribution in [1.82, 2.24) is 10.2 Å². The molecule has 17 heavy (non-hydrogen) atoms. The first-order valence-electron chi connectivity index (χ1n) is 6.09. The highest BCUT2D eigenvalue weighted by molar-refractivity contribution is 6.30. The molecule has 1 unspecified atom stereocenters. The topological polar surface area (TPSA) is 15.3 Å². The van der Waals surface area contributed by atoms with E-state index in [1.54, 1.807) is 12.1 Å². The maximum Gasteiger partial charge on any atom is 0.129 e. The normalized spacial score (nSPS) is 20.1. The number of hydrogen-bond donors (Lipinski definition) is 1. The highest BCUT2D eigenvalue weighted by atomic mass is 35.5. The molecular weight excluding hydrogens is 239 g/mol. The van der Waals surface area contributed by atoms with Gasteiger partial charge in [0.15, 0.2) is 0 Å². The Morgan fingerprint density at radius 3 is 2.94 bits per heavy atom. The Labute approximate surface area is 107 Å². The summed E-state index contributed by atoms with van der Waals surface area (Å²) in [6, 6.07) is 5.44. The fourth-order valence-corrected chi connectivity index (χ4v) is 2.48. The van der Waals surface area contributed by atoms with E-state index in [2.05, 4.69) is 17.1 Å². The number of benzene rings is 1. The second-order valence-corrected chi connectivity index (χ2v) is 4.88. The van der Waals surface area contributed by atoms with Crippen molar-refractivity contribution < 1.29 is 4.39 Å². The Bertz CT molecular complexity index is 378. The van der Waals surface area contributed by atoms with Crippen LogP contribution in [0.15, 0.2) is 18.2 Å². The molecule has 1 aromatic carbocycles. The third kappa shape index (κ3) is 3.18. The number of rotatable bonds is 4. The average molecular weight is 257 g/mol. The predicted molar refractivity (Wildman–Crippen MR) is 68.8 cm³/mol. The summed E-state index contributed by atoms with van der Waals surface area (Å²) in [6.45, 7) is 5.78. The van der Waals surface area contributed by atoms with Crippen LogP contribution in [0, 0.1) is 5.82 Å².